The monoisotopic (exact) mass is 292 g/mol. The zero-order chi connectivity index (χ0) is 15.5. The summed E-state index contributed by atoms with van der Waals surface area (Å²) in [5.74, 6) is -1.44. The first-order valence-electron chi connectivity index (χ1n) is 6.69. The van der Waals surface area contributed by atoms with E-state index in [1.54, 1.807) is 24.3 Å². The number of ether oxygens (including phenoxy) is 1. The molecule has 0 aliphatic heterocycles. The van der Waals surface area contributed by atoms with E-state index in [-0.39, 0.29) is 11.1 Å². The second kappa shape index (κ2) is 5.69. The second-order valence-electron chi connectivity index (χ2n) is 4.72. The van der Waals surface area contributed by atoms with Gasteiger partial charge in [0.1, 0.15) is 5.75 Å². The third-order valence-electron chi connectivity index (χ3n) is 3.33. The predicted octanol–water partition coefficient (Wildman–Crippen LogP) is 3.76. The molecular formula is C18H12O4. The molecule has 22 heavy (non-hydrogen) atoms. The highest BCUT2D eigenvalue weighted by Gasteiger charge is 2.18. The Balaban J connectivity index is 1.99. The normalized spacial score (nSPS) is 10.4. The highest BCUT2D eigenvalue weighted by atomic mass is 16.5. The summed E-state index contributed by atoms with van der Waals surface area (Å²) in [6.07, 6.45) is 0. The number of fused-ring (bicyclic) bond motifs is 1. The van der Waals surface area contributed by atoms with E-state index in [4.69, 9.17) is 9.84 Å². The number of carbonyl (C=O) groups excluding carboxylic acids is 1. The summed E-state index contributed by atoms with van der Waals surface area (Å²) in [7, 11) is 0. The average Bonchev–Trinajstić information content (AvgIpc) is 2.55. The maximum absolute atomic E-state index is 12.3. The maximum atomic E-state index is 12.3. The van der Waals surface area contributed by atoms with Crippen molar-refractivity contribution in [3.63, 3.8) is 0 Å². The Bertz CT molecular complexity index is 862. The summed E-state index contributed by atoms with van der Waals surface area (Å²) in [5.41, 5.74) is -0.0457. The minimum absolute atomic E-state index is 0.0305. The topological polar surface area (TPSA) is 63.6 Å². The van der Waals surface area contributed by atoms with Crippen LogP contribution >= 0.6 is 0 Å². The van der Waals surface area contributed by atoms with Crippen LogP contribution in [-0.2, 0) is 0 Å². The molecule has 0 aliphatic rings. The first kappa shape index (κ1) is 13.8. The summed E-state index contributed by atoms with van der Waals surface area (Å²) >= 11 is 0. The first-order chi connectivity index (χ1) is 10.7. The molecular weight excluding hydrogens is 280 g/mol. The highest BCUT2D eigenvalue weighted by Crippen LogP contribution is 2.26. The van der Waals surface area contributed by atoms with Crippen LogP contribution in [0.15, 0.2) is 66.7 Å². The van der Waals surface area contributed by atoms with Gasteiger partial charge in [0.05, 0.1) is 11.1 Å². The van der Waals surface area contributed by atoms with Crippen LogP contribution in [0.25, 0.3) is 10.8 Å². The van der Waals surface area contributed by atoms with Crippen LogP contribution < -0.4 is 4.74 Å². The van der Waals surface area contributed by atoms with Crippen molar-refractivity contribution >= 4 is 22.7 Å². The van der Waals surface area contributed by atoms with Crippen LogP contribution in [0.1, 0.15) is 20.7 Å². The number of hydrogen-bond acceptors (Lipinski definition) is 3. The number of esters is 1. The molecule has 0 atom stereocenters. The van der Waals surface area contributed by atoms with E-state index in [0.717, 1.165) is 10.8 Å². The average molecular weight is 292 g/mol. The molecule has 0 bridgehead atoms. The van der Waals surface area contributed by atoms with Crippen molar-refractivity contribution in [3.05, 3.63) is 77.9 Å². The molecule has 3 aromatic rings. The van der Waals surface area contributed by atoms with Gasteiger partial charge < -0.3 is 9.84 Å². The predicted molar refractivity (Wildman–Crippen MR) is 82.3 cm³/mol. The van der Waals surface area contributed by atoms with Gasteiger partial charge in [0.25, 0.3) is 0 Å². The fourth-order valence-electron chi connectivity index (χ4n) is 2.29. The quantitative estimate of drug-likeness (QED) is 0.589. The Morgan fingerprint density at radius 2 is 1.41 bits per heavy atom. The van der Waals surface area contributed by atoms with E-state index < -0.39 is 11.9 Å². The third kappa shape index (κ3) is 2.54. The van der Waals surface area contributed by atoms with Crippen molar-refractivity contribution in [3.8, 4) is 5.75 Å². The molecule has 0 aromatic heterocycles. The number of hydrogen-bond donors (Lipinski definition) is 1. The van der Waals surface area contributed by atoms with Crippen molar-refractivity contribution in [1.82, 2.24) is 0 Å². The van der Waals surface area contributed by atoms with Gasteiger partial charge in [0, 0.05) is 5.39 Å². The molecule has 0 spiro atoms. The smallest absolute Gasteiger partial charge is 0.344 e. The number of carbonyl (C=O) groups is 2. The van der Waals surface area contributed by atoms with E-state index in [1.807, 2.05) is 30.3 Å². The van der Waals surface area contributed by atoms with Crippen molar-refractivity contribution < 1.29 is 19.4 Å². The molecule has 0 heterocycles. The third-order valence-corrected chi connectivity index (χ3v) is 3.33. The van der Waals surface area contributed by atoms with Crippen LogP contribution in [0.2, 0.25) is 0 Å². The lowest BCUT2D eigenvalue weighted by atomic mass is 10.1. The zero-order valence-corrected chi connectivity index (χ0v) is 11.5. The highest BCUT2D eigenvalue weighted by molar-refractivity contribution is 6.04. The lowest BCUT2D eigenvalue weighted by molar-refractivity contribution is 0.0668. The van der Waals surface area contributed by atoms with Gasteiger partial charge >= 0.3 is 11.9 Å². The molecule has 0 saturated heterocycles. The van der Waals surface area contributed by atoms with Crippen LogP contribution in [0.5, 0.6) is 5.75 Å². The molecule has 3 aromatic carbocycles. The summed E-state index contributed by atoms with van der Waals surface area (Å²) in [6, 6.07) is 18.9. The van der Waals surface area contributed by atoms with Crippen LogP contribution in [-0.4, -0.2) is 17.0 Å². The molecule has 1 N–H and O–H groups in total. The van der Waals surface area contributed by atoms with E-state index in [1.165, 1.54) is 12.1 Å². The van der Waals surface area contributed by atoms with Crippen LogP contribution in [0.3, 0.4) is 0 Å². The summed E-state index contributed by atoms with van der Waals surface area (Å²) in [6.45, 7) is 0. The van der Waals surface area contributed by atoms with Crippen molar-refractivity contribution in [2.45, 2.75) is 0 Å². The van der Waals surface area contributed by atoms with Gasteiger partial charge in [0.2, 0.25) is 0 Å². The number of carboxylic acids is 1. The molecule has 0 aliphatic carbocycles. The van der Waals surface area contributed by atoms with Gasteiger partial charge in [-0.05, 0) is 23.6 Å². The lowest BCUT2D eigenvalue weighted by Gasteiger charge is -2.09. The standard InChI is InChI=1S/C18H12O4/c19-17(20)14-9-3-4-10-15(14)18(21)22-16-11-5-7-12-6-1-2-8-13(12)16/h1-11H,(H,19,20). The van der Waals surface area contributed by atoms with Gasteiger partial charge in [-0.15, -0.1) is 0 Å². The molecule has 0 unspecified atom stereocenters. The Morgan fingerprint density at radius 3 is 2.18 bits per heavy atom. The van der Waals surface area contributed by atoms with Crippen LogP contribution in [0, 0.1) is 0 Å². The molecule has 4 nitrogen and oxygen atoms in total. The molecule has 0 amide bonds. The molecule has 0 radical (unpaired) electrons. The minimum Gasteiger partial charge on any atom is -0.478 e. The van der Waals surface area contributed by atoms with E-state index in [0.29, 0.717) is 5.75 Å². The fourth-order valence-corrected chi connectivity index (χ4v) is 2.29. The Hall–Kier alpha value is -3.14. The zero-order valence-electron chi connectivity index (χ0n) is 11.5. The van der Waals surface area contributed by atoms with E-state index >= 15 is 0 Å². The van der Waals surface area contributed by atoms with Crippen molar-refractivity contribution in [2.24, 2.45) is 0 Å². The molecule has 3 rings (SSSR count). The number of benzene rings is 3. The van der Waals surface area contributed by atoms with Gasteiger partial charge in [0.15, 0.2) is 0 Å². The fraction of sp³-hybridized carbons (Fsp3) is 0. The molecule has 0 fully saturated rings. The number of rotatable bonds is 3. The first-order valence-corrected chi connectivity index (χ1v) is 6.69. The van der Waals surface area contributed by atoms with E-state index in [9.17, 15) is 9.59 Å². The summed E-state index contributed by atoms with van der Waals surface area (Å²) in [4.78, 5) is 23.5. The number of aromatic carboxylic acids is 1. The van der Waals surface area contributed by atoms with Gasteiger partial charge in [-0.25, -0.2) is 9.59 Å². The van der Waals surface area contributed by atoms with Gasteiger partial charge in [-0.3, -0.25) is 0 Å². The van der Waals surface area contributed by atoms with Crippen molar-refractivity contribution in [1.29, 1.82) is 0 Å². The number of carboxylic acid groups (broad SMARTS) is 1. The summed E-state index contributed by atoms with van der Waals surface area (Å²) in [5, 5.41) is 10.9. The van der Waals surface area contributed by atoms with Gasteiger partial charge in [-0.1, -0.05) is 48.5 Å². The van der Waals surface area contributed by atoms with Crippen molar-refractivity contribution in [2.75, 3.05) is 0 Å². The molecule has 0 saturated carbocycles. The maximum Gasteiger partial charge on any atom is 0.344 e. The second-order valence-corrected chi connectivity index (χ2v) is 4.72. The van der Waals surface area contributed by atoms with E-state index in [2.05, 4.69) is 0 Å². The Morgan fingerprint density at radius 1 is 0.773 bits per heavy atom. The molecule has 4 heteroatoms. The summed E-state index contributed by atoms with van der Waals surface area (Å²) < 4.78 is 5.40. The Kier molecular flexibility index (Phi) is 3.58. The lowest BCUT2D eigenvalue weighted by Crippen LogP contribution is -2.14. The minimum atomic E-state index is -1.16. The molecule has 108 valence electrons. The largest absolute Gasteiger partial charge is 0.478 e. The Labute approximate surface area is 126 Å². The van der Waals surface area contributed by atoms with Crippen LogP contribution in [0.4, 0.5) is 0 Å². The van der Waals surface area contributed by atoms with Gasteiger partial charge in [-0.2, -0.15) is 0 Å². The SMILES string of the molecule is O=C(O)c1ccccc1C(=O)Oc1cccc2ccccc12.